The maximum Gasteiger partial charge on any atom is 0.262 e. The predicted molar refractivity (Wildman–Crippen MR) is 118 cm³/mol. The molecule has 156 valence electrons. The van der Waals surface area contributed by atoms with E-state index in [1.165, 1.54) is 37.4 Å². The molecule has 1 saturated heterocycles. The van der Waals surface area contributed by atoms with Gasteiger partial charge < -0.3 is 4.90 Å². The third kappa shape index (κ3) is 4.23. The maximum absolute atomic E-state index is 13.1. The Labute approximate surface area is 176 Å². The van der Waals surface area contributed by atoms with Crippen LogP contribution in [0.2, 0.25) is 0 Å². The van der Waals surface area contributed by atoms with E-state index < -0.39 is 0 Å². The summed E-state index contributed by atoms with van der Waals surface area (Å²) in [7, 11) is 0. The minimum atomic E-state index is -0.0112. The van der Waals surface area contributed by atoms with Crippen molar-refractivity contribution in [1.29, 1.82) is 0 Å². The van der Waals surface area contributed by atoms with Gasteiger partial charge in [0.05, 0.1) is 16.7 Å². The number of nitrogens with zero attached hydrogens (tertiary/aromatic N) is 3. The van der Waals surface area contributed by atoms with Gasteiger partial charge in [0.15, 0.2) is 5.16 Å². The van der Waals surface area contributed by atoms with Crippen molar-refractivity contribution in [2.75, 3.05) is 18.8 Å². The number of benzene rings is 1. The van der Waals surface area contributed by atoms with Gasteiger partial charge in [-0.1, -0.05) is 50.1 Å². The van der Waals surface area contributed by atoms with Crippen LogP contribution in [-0.2, 0) is 4.79 Å². The topological polar surface area (TPSA) is 55.2 Å². The lowest BCUT2D eigenvalue weighted by atomic mass is 9.75. The minimum Gasteiger partial charge on any atom is -0.342 e. The Kier molecular flexibility index (Phi) is 6.28. The van der Waals surface area contributed by atoms with Crippen molar-refractivity contribution in [2.24, 2.45) is 11.8 Å². The molecule has 1 amide bonds. The second kappa shape index (κ2) is 8.90. The molecular weight excluding hydrogens is 382 g/mol. The van der Waals surface area contributed by atoms with Crippen LogP contribution in [0, 0.1) is 11.8 Å². The Balaban J connectivity index is 1.51. The van der Waals surface area contributed by atoms with Gasteiger partial charge in [0.2, 0.25) is 5.91 Å². The van der Waals surface area contributed by atoms with Crippen LogP contribution in [0.3, 0.4) is 0 Å². The number of likely N-dealkylation sites (tertiary alicyclic amines) is 1. The van der Waals surface area contributed by atoms with Crippen molar-refractivity contribution in [3.63, 3.8) is 0 Å². The number of hydrogen-bond acceptors (Lipinski definition) is 4. The maximum atomic E-state index is 13.1. The second-order valence-electron chi connectivity index (χ2n) is 8.57. The van der Waals surface area contributed by atoms with Gasteiger partial charge in [-0.15, -0.1) is 0 Å². The molecule has 2 heterocycles. The molecule has 29 heavy (non-hydrogen) atoms. The zero-order valence-electron chi connectivity index (χ0n) is 17.5. The summed E-state index contributed by atoms with van der Waals surface area (Å²) in [6, 6.07) is 7.53. The lowest BCUT2D eigenvalue weighted by Crippen LogP contribution is -2.45. The molecule has 1 aliphatic carbocycles. The highest BCUT2D eigenvalue weighted by molar-refractivity contribution is 7.99. The standard InChI is InChI=1S/C23H31N3O2S/c1-3-16(2)26-22(28)19-10-6-7-11-20(19)24-23(26)29-15-21(27)25-13-12-17-8-4-5-9-18(17)14-25/h6-7,10-11,16-18H,3-5,8-9,12-15H2,1-2H3/t16-,17+,18+/m0/s1. The molecule has 0 bridgehead atoms. The second-order valence-corrected chi connectivity index (χ2v) is 9.51. The summed E-state index contributed by atoms with van der Waals surface area (Å²) in [5.74, 6) is 2.03. The molecule has 1 saturated carbocycles. The van der Waals surface area contributed by atoms with Gasteiger partial charge >= 0.3 is 0 Å². The fourth-order valence-electron chi connectivity index (χ4n) is 4.84. The molecule has 6 heteroatoms. The number of rotatable bonds is 5. The highest BCUT2D eigenvalue weighted by atomic mass is 32.2. The van der Waals surface area contributed by atoms with E-state index in [9.17, 15) is 9.59 Å². The molecule has 4 rings (SSSR count). The summed E-state index contributed by atoms with van der Waals surface area (Å²) in [5, 5.41) is 1.30. The average Bonchev–Trinajstić information content (AvgIpc) is 2.76. The van der Waals surface area contributed by atoms with E-state index >= 15 is 0 Å². The Morgan fingerprint density at radius 1 is 1.21 bits per heavy atom. The number of carbonyl (C=O) groups excluding carboxylic acids is 1. The van der Waals surface area contributed by atoms with Crippen LogP contribution < -0.4 is 5.56 Å². The molecule has 0 radical (unpaired) electrons. The Bertz CT molecular complexity index is 941. The molecule has 2 fully saturated rings. The van der Waals surface area contributed by atoms with Crippen molar-refractivity contribution in [2.45, 2.75) is 63.6 Å². The first kappa shape index (κ1) is 20.5. The Hall–Kier alpha value is -1.82. The Morgan fingerprint density at radius 3 is 2.76 bits per heavy atom. The first-order chi connectivity index (χ1) is 14.1. The van der Waals surface area contributed by atoms with Crippen LogP contribution in [0.25, 0.3) is 10.9 Å². The van der Waals surface area contributed by atoms with Gasteiger partial charge in [0, 0.05) is 19.1 Å². The van der Waals surface area contributed by atoms with Crippen LogP contribution in [0.1, 0.15) is 58.4 Å². The van der Waals surface area contributed by atoms with Crippen LogP contribution in [0.15, 0.2) is 34.2 Å². The quantitative estimate of drug-likeness (QED) is 0.535. The van der Waals surface area contributed by atoms with Gasteiger partial charge in [-0.3, -0.25) is 14.2 Å². The third-order valence-electron chi connectivity index (χ3n) is 6.78. The molecule has 0 unspecified atom stereocenters. The fourth-order valence-corrected chi connectivity index (χ4v) is 5.84. The minimum absolute atomic E-state index is 0.0112. The van der Waals surface area contributed by atoms with E-state index in [4.69, 9.17) is 4.98 Å². The highest BCUT2D eigenvalue weighted by Crippen LogP contribution is 2.36. The van der Waals surface area contributed by atoms with Crippen molar-refractivity contribution >= 4 is 28.6 Å². The smallest absolute Gasteiger partial charge is 0.262 e. The van der Waals surface area contributed by atoms with Gasteiger partial charge in [-0.25, -0.2) is 4.98 Å². The lowest BCUT2D eigenvalue weighted by Gasteiger charge is -2.41. The monoisotopic (exact) mass is 413 g/mol. The molecule has 0 N–H and O–H groups in total. The molecule has 5 nitrogen and oxygen atoms in total. The zero-order chi connectivity index (χ0) is 20.4. The summed E-state index contributed by atoms with van der Waals surface area (Å²) in [5.41, 5.74) is 0.693. The molecular formula is C23H31N3O2S. The van der Waals surface area contributed by atoms with Crippen molar-refractivity contribution in [3.8, 4) is 0 Å². The number of para-hydroxylation sites is 1. The summed E-state index contributed by atoms with van der Waals surface area (Å²) >= 11 is 1.41. The first-order valence-electron chi connectivity index (χ1n) is 11.0. The van der Waals surface area contributed by atoms with Gasteiger partial charge in [0.25, 0.3) is 5.56 Å². The molecule has 3 atom stereocenters. The van der Waals surface area contributed by atoms with E-state index in [0.717, 1.165) is 31.8 Å². The number of carbonyl (C=O) groups is 1. The van der Waals surface area contributed by atoms with Crippen molar-refractivity contribution < 1.29 is 4.79 Å². The predicted octanol–water partition coefficient (Wildman–Crippen LogP) is 4.50. The fraction of sp³-hybridized carbons (Fsp3) is 0.609. The first-order valence-corrected chi connectivity index (χ1v) is 12.0. The molecule has 0 spiro atoms. The van der Waals surface area contributed by atoms with E-state index in [0.29, 0.717) is 27.7 Å². The summed E-state index contributed by atoms with van der Waals surface area (Å²) < 4.78 is 1.77. The van der Waals surface area contributed by atoms with E-state index in [-0.39, 0.29) is 17.5 Å². The molecule has 1 aromatic heterocycles. The van der Waals surface area contributed by atoms with Crippen molar-refractivity contribution in [3.05, 3.63) is 34.6 Å². The lowest BCUT2D eigenvalue weighted by molar-refractivity contribution is -0.131. The number of amides is 1. The molecule has 2 aliphatic rings. The normalized spacial score (nSPS) is 23.0. The number of thioether (sulfide) groups is 1. The van der Waals surface area contributed by atoms with Crippen LogP contribution >= 0.6 is 11.8 Å². The summed E-state index contributed by atoms with van der Waals surface area (Å²) in [6.45, 7) is 5.90. The van der Waals surface area contributed by atoms with Gasteiger partial charge in [0.1, 0.15) is 0 Å². The number of hydrogen-bond donors (Lipinski definition) is 0. The van der Waals surface area contributed by atoms with Gasteiger partial charge in [-0.2, -0.15) is 0 Å². The summed E-state index contributed by atoms with van der Waals surface area (Å²) in [4.78, 5) is 32.8. The number of fused-ring (bicyclic) bond motifs is 2. The van der Waals surface area contributed by atoms with E-state index in [1.807, 2.05) is 36.1 Å². The van der Waals surface area contributed by atoms with Crippen LogP contribution in [-0.4, -0.2) is 39.2 Å². The molecule has 2 aromatic rings. The van der Waals surface area contributed by atoms with Crippen molar-refractivity contribution in [1.82, 2.24) is 14.5 Å². The highest BCUT2D eigenvalue weighted by Gasteiger charge is 2.33. The third-order valence-corrected chi connectivity index (χ3v) is 7.71. The van der Waals surface area contributed by atoms with E-state index in [1.54, 1.807) is 4.57 Å². The number of aromatic nitrogens is 2. The number of piperidine rings is 1. The molecule has 1 aliphatic heterocycles. The largest absolute Gasteiger partial charge is 0.342 e. The zero-order valence-corrected chi connectivity index (χ0v) is 18.3. The SMILES string of the molecule is CC[C@H](C)n1c(SCC(=O)N2CC[C@H]3CCCC[C@@H]3C2)nc2ccccc2c1=O. The average molecular weight is 414 g/mol. The summed E-state index contributed by atoms with van der Waals surface area (Å²) in [6.07, 6.45) is 7.25. The van der Waals surface area contributed by atoms with Crippen LogP contribution in [0.5, 0.6) is 0 Å². The Morgan fingerprint density at radius 2 is 1.97 bits per heavy atom. The van der Waals surface area contributed by atoms with E-state index in [2.05, 4.69) is 6.92 Å². The molecule has 1 aromatic carbocycles. The van der Waals surface area contributed by atoms with Crippen LogP contribution in [0.4, 0.5) is 0 Å². The van der Waals surface area contributed by atoms with Gasteiger partial charge in [-0.05, 0) is 50.2 Å².